The number of benzene rings is 3. The number of hydrogen-bond acceptors (Lipinski definition) is 9. The molecule has 0 fully saturated rings. The first kappa shape index (κ1) is 37.1. The van der Waals surface area contributed by atoms with Crippen LogP contribution in [0, 0.1) is 19.8 Å². The van der Waals surface area contributed by atoms with Crippen LogP contribution in [0.2, 0.25) is 0 Å². The second-order valence-corrected chi connectivity index (χ2v) is 14.0. The molecule has 1 aromatic heterocycles. The Morgan fingerprint density at radius 1 is 0.796 bits per heavy atom. The Morgan fingerprint density at radius 2 is 1.47 bits per heavy atom. The number of nitrogens with one attached hydrogen (secondary N) is 3. The van der Waals surface area contributed by atoms with Crippen molar-refractivity contribution >= 4 is 27.6 Å². The van der Waals surface area contributed by atoms with E-state index in [1.165, 1.54) is 19.1 Å². The number of sulfonamides is 1. The summed E-state index contributed by atoms with van der Waals surface area (Å²) in [6, 6.07) is 19.2. The van der Waals surface area contributed by atoms with Gasteiger partial charge in [-0.2, -0.15) is 4.72 Å². The summed E-state index contributed by atoms with van der Waals surface area (Å²) < 4.78 is 40.4. The quantitative estimate of drug-likeness (QED) is 0.135. The molecular weight excluding hydrogens is 646 g/mol. The first-order valence-electron chi connectivity index (χ1n) is 16.1. The van der Waals surface area contributed by atoms with E-state index in [1.54, 1.807) is 36.4 Å². The number of aromatic nitrogens is 2. The van der Waals surface area contributed by atoms with Gasteiger partial charge in [0.25, 0.3) is 5.89 Å². The molecule has 3 aromatic carbocycles. The average Bonchev–Trinajstić information content (AvgIpc) is 3.57. The van der Waals surface area contributed by atoms with Crippen LogP contribution in [-0.2, 0) is 31.0 Å². The summed E-state index contributed by atoms with van der Waals surface area (Å²) in [6.07, 6.45) is 0.899. The van der Waals surface area contributed by atoms with Gasteiger partial charge >= 0.3 is 0 Å². The molecule has 1 heterocycles. The van der Waals surface area contributed by atoms with Crippen molar-refractivity contribution in [1.29, 1.82) is 0 Å². The minimum Gasteiger partial charge on any atom is -0.414 e. The van der Waals surface area contributed by atoms with Crippen LogP contribution in [0.15, 0.2) is 88.2 Å². The lowest BCUT2D eigenvalue weighted by Crippen LogP contribution is -2.55. The summed E-state index contributed by atoms with van der Waals surface area (Å²) in [5.74, 6) is -1.84. The van der Waals surface area contributed by atoms with Gasteiger partial charge in [0.05, 0.1) is 24.2 Å². The van der Waals surface area contributed by atoms with Crippen molar-refractivity contribution in [2.75, 3.05) is 6.61 Å². The first-order chi connectivity index (χ1) is 23.3. The lowest BCUT2D eigenvalue weighted by atomic mass is 10.00. The predicted octanol–water partition coefficient (Wildman–Crippen LogP) is 4.53. The zero-order chi connectivity index (χ0) is 35.6. The van der Waals surface area contributed by atoms with Crippen LogP contribution in [0.4, 0.5) is 0 Å². The summed E-state index contributed by atoms with van der Waals surface area (Å²) >= 11 is 0. The molecule has 0 saturated heterocycles. The topological polar surface area (TPSA) is 170 Å². The van der Waals surface area contributed by atoms with Gasteiger partial charge in [0, 0.05) is 5.56 Å². The zero-order valence-corrected chi connectivity index (χ0v) is 29.1. The normalized spacial score (nSPS) is 13.4. The summed E-state index contributed by atoms with van der Waals surface area (Å²) in [7, 11) is -4.13. The Morgan fingerprint density at radius 3 is 2.14 bits per heavy atom. The second-order valence-electron chi connectivity index (χ2n) is 12.3. The Kier molecular flexibility index (Phi) is 12.9. The average molecular weight is 690 g/mol. The van der Waals surface area contributed by atoms with Crippen LogP contribution in [0.5, 0.6) is 0 Å². The monoisotopic (exact) mass is 689 g/mol. The Labute approximate surface area is 287 Å². The fourth-order valence-corrected chi connectivity index (χ4v) is 5.99. The van der Waals surface area contributed by atoms with Crippen LogP contribution in [-0.4, -0.2) is 60.9 Å². The van der Waals surface area contributed by atoms with Crippen molar-refractivity contribution in [3.8, 4) is 11.5 Å². The molecular formula is C36H43N5O7S. The minimum atomic E-state index is -4.13. The molecule has 3 unspecified atom stereocenters. The van der Waals surface area contributed by atoms with E-state index in [-0.39, 0.29) is 42.2 Å². The van der Waals surface area contributed by atoms with E-state index in [9.17, 15) is 22.8 Å². The zero-order valence-electron chi connectivity index (χ0n) is 28.3. The number of carbonyl (C=O) groups is 3. The highest BCUT2D eigenvalue weighted by Gasteiger charge is 2.31. The van der Waals surface area contributed by atoms with E-state index >= 15 is 0 Å². The first-order valence-corrected chi connectivity index (χ1v) is 17.6. The van der Waals surface area contributed by atoms with Crippen molar-refractivity contribution in [3.63, 3.8) is 0 Å². The van der Waals surface area contributed by atoms with E-state index in [0.717, 1.165) is 16.7 Å². The maximum absolute atomic E-state index is 13.5. The molecule has 3 N–H and O–H groups in total. The molecule has 0 aliphatic carbocycles. The highest BCUT2D eigenvalue weighted by atomic mass is 32.2. The van der Waals surface area contributed by atoms with Crippen molar-refractivity contribution in [3.05, 3.63) is 101 Å². The lowest BCUT2D eigenvalue weighted by Gasteiger charge is -2.23. The highest BCUT2D eigenvalue weighted by molar-refractivity contribution is 7.89. The molecule has 0 radical (unpaired) electrons. The number of carbonyl (C=O) groups excluding carboxylic acids is 3. The maximum atomic E-state index is 13.5. The molecule has 0 aliphatic rings. The Hall–Kier alpha value is -4.72. The number of nitrogens with zero attached hydrogens (tertiary/aromatic N) is 2. The molecule has 12 nitrogen and oxygen atoms in total. The molecule has 3 atom stereocenters. The summed E-state index contributed by atoms with van der Waals surface area (Å²) in [6.45, 7) is 9.00. The van der Waals surface area contributed by atoms with Crippen LogP contribution in [0.1, 0.15) is 61.0 Å². The number of ether oxygens (including phenoxy) is 1. The fraction of sp³-hybridized carbons (Fsp3) is 0.361. The standard InChI is InChI=1S/C36H43N5O7S/c1-23(2)15-20-30(32(42)36-40-39-35(48-36)27-12-7-6-8-13-27)38-33(43)26(5)37-34(44)31(22-47-21-28-14-10-9-11-25(28)4)41-49(45,46)29-18-16-24(3)17-19-29/h6-14,16-19,23,26,30-31,41H,15,20-22H2,1-5H3,(H,37,44)(H,38,43). The molecule has 0 bridgehead atoms. The maximum Gasteiger partial charge on any atom is 0.286 e. The third-order valence-electron chi connectivity index (χ3n) is 7.82. The summed E-state index contributed by atoms with van der Waals surface area (Å²) in [5.41, 5.74) is 3.37. The highest BCUT2D eigenvalue weighted by Crippen LogP contribution is 2.19. The van der Waals surface area contributed by atoms with Gasteiger partial charge in [-0.1, -0.05) is 74.0 Å². The number of ketones is 1. The van der Waals surface area contributed by atoms with Crippen molar-refractivity contribution in [1.82, 2.24) is 25.6 Å². The van der Waals surface area contributed by atoms with Gasteiger partial charge < -0.3 is 19.8 Å². The molecule has 4 rings (SSSR count). The molecule has 0 saturated carbocycles. The lowest BCUT2D eigenvalue weighted by molar-refractivity contribution is -0.130. The van der Waals surface area contributed by atoms with Gasteiger partial charge in [-0.05, 0) is 74.9 Å². The van der Waals surface area contributed by atoms with Crippen LogP contribution in [0.25, 0.3) is 11.5 Å². The van der Waals surface area contributed by atoms with E-state index in [4.69, 9.17) is 9.15 Å². The third kappa shape index (κ3) is 10.6. The second kappa shape index (κ2) is 17.1. The molecule has 49 heavy (non-hydrogen) atoms. The van der Waals surface area contributed by atoms with Gasteiger partial charge in [-0.25, -0.2) is 8.42 Å². The summed E-state index contributed by atoms with van der Waals surface area (Å²) in [5, 5.41) is 13.2. The van der Waals surface area contributed by atoms with E-state index in [1.807, 2.05) is 58.0 Å². The number of amides is 2. The van der Waals surface area contributed by atoms with Crippen molar-refractivity contribution in [2.24, 2.45) is 5.92 Å². The van der Waals surface area contributed by atoms with Gasteiger partial charge in [0.1, 0.15) is 12.1 Å². The largest absolute Gasteiger partial charge is 0.414 e. The number of aryl methyl sites for hydroxylation is 2. The third-order valence-corrected chi connectivity index (χ3v) is 9.31. The van der Waals surface area contributed by atoms with Crippen LogP contribution >= 0.6 is 0 Å². The predicted molar refractivity (Wildman–Crippen MR) is 184 cm³/mol. The van der Waals surface area contributed by atoms with Gasteiger partial charge in [-0.15, -0.1) is 10.2 Å². The smallest absolute Gasteiger partial charge is 0.286 e. The number of rotatable bonds is 17. The summed E-state index contributed by atoms with van der Waals surface area (Å²) in [4.78, 5) is 40.4. The van der Waals surface area contributed by atoms with Crippen LogP contribution < -0.4 is 15.4 Å². The van der Waals surface area contributed by atoms with E-state index < -0.39 is 45.7 Å². The van der Waals surface area contributed by atoms with Crippen LogP contribution in [0.3, 0.4) is 0 Å². The molecule has 2 amide bonds. The van der Waals surface area contributed by atoms with Crippen molar-refractivity contribution < 1.29 is 32.0 Å². The van der Waals surface area contributed by atoms with Gasteiger partial charge in [-0.3, -0.25) is 14.4 Å². The SMILES string of the molecule is Cc1ccc(S(=O)(=O)NC(COCc2ccccc2C)C(=O)NC(C)C(=O)NC(CCC(C)C)C(=O)c2nnc(-c3ccccc3)o2)cc1. The molecule has 13 heteroatoms. The van der Waals surface area contributed by atoms with E-state index in [2.05, 4.69) is 25.6 Å². The number of hydrogen-bond donors (Lipinski definition) is 3. The number of Topliss-reactive ketones (excluding diaryl/α,β-unsaturated/α-hetero) is 1. The minimum absolute atomic E-state index is 0.0245. The van der Waals surface area contributed by atoms with E-state index in [0.29, 0.717) is 12.0 Å². The Bertz CT molecular complexity index is 1830. The van der Waals surface area contributed by atoms with Gasteiger partial charge in [0.2, 0.25) is 33.5 Å². The fourth-order valence-electron chi connectivity index (χ4n) is 4.81. The molecule has 4 aromatic rings. The molecule has 0 aliphatic heterocycles. The molecule has 260 valence electrons. The van der Waals surface area contributed by atoms with Crippen molar-refractivity contribution in [2.45, 2.75) is 77.1 Å². The molecule has 0 spiro atoms. The Balaban J connectivity index is 1.47. The van der Waals surface area contributed by atoms with Gasteiger partial charge in [0.15, 0.2) is 0 Å².